The van der Waals surface area contributed by atoms with Crippen LogP contribution in [0.25, 0.3) is 33.4 Å². The number of benzene rings is 6. The molecule has 57 heavy (non-hydrogen) atoms. The van der Waals surface area contributed by atoms with Gasteiger partial charge in [0.25, 0.3) is 0 Å². The molecule has 0 N–H and O–H groups in total. The maximum atomic E-state index is 2.74. The standard InChI is InChI=1S/C56H55N/c1-4-37-32-36-16-14-17-38(33-36)56(37)49-24-11-8-20-43(49)46-21-15-25-52(53(46)56)57(39-26-28-44-41-18-6-9-22-47(41)54(2,3)50(44)34-39)40-27-29-45-42-19-7-10-23-48(42)55(51(45)35-40)30-12-5-13-31-55/h6-11,15,18-29,34-38H,4-5,12-14,16-17,30-33H2,1-3H3. The van der Waals surface area contributed by atoms with E-state index in [0.717, 1.165) is 5.92 Å². The summed E-state index contributed by atoms with van der Waals surface area (Å²) in [7, 11) is 0. The van der Waals surface area contributed by atoms with E-state index in [0.29, 0.717) is 11.8 Å². The summed E-state index contributed by atoms with van der Waals surface area (Å²) in [5, 5.41) is 0. The fraction of sp³-hybridized carbons (Fsp3) is 0.357. The van der Waals surface area contributed by atoms with E-state index in [1.165, 1.54) is 132 Å². The lowest BCUT2D eigenvalue weighted by Crippen LogP contribution is -2.49. The summed E-state index contributed by atoms with van der Waals surface area (Å²) in [6.07, 6.45) is 14.5. The molecule has 0 heterocycles. The highest BCUT2D eigenvalue weighted by Crippen LogP contribution is 2.67. The predicted octanol–water partition coefficient (Wildman–Crippen LogP) is 15.2. The molecule has 12 rings (SSSR count). The van der Waals surface area contributed by atoms with Crippen LogP contribution in [0.2, 0.25) is 0 Å². The highest BCUT2D eigenvalue weighted by Gasteiger charge is 2.58. The van der Waals surface area contributed by atoms with Gasteiger partial charge in [0, 0.05) is 27.6 Å². The fourth-order valence-corrected chi connectivity index (χ4v) is 14.3. The lowest BCUT2D eigenvalue weighted by atomic mass is 9.49. The van der Waals surface area contributed by atoms with Crippen molar-refractivity contribution >= 4 is 17.1 Å². The maximum absolute atomic E-state index is 2.74. The third kappa shape index (κ3) is 4.47. The average Bonchev–Trinajstić information content (AvgIpc) is 3.79. The van der Waals surface area contributed by atoms with Crippen LogP contribution in [0.1, 0.15) is 125 Å². The first kappa shape index (κ1) is 34.2. The van der Waals surface area contributed by atoms with Gasteiger partial charge >= 0.3 is 0 Å². The van der Waals surface area contributed by atoms with Gasteiger partial charge in [0.05, 0.1) is 5.69 Å². The summed E-state index contributed by atoms with van der Waals surface area (Å²) < 4.78 is 0. The minimum atomic E-state index is -0.0801. The molecule has 4 atom stereocenters. The number of hydrogen-bond acceptors (Lipinski definition) is 1. The van der Waals surface area contributed by atoms with Crippen LogP contribution >= 0.6 is 0 Å². The van der Waals surface area contributed by atoms with E-state index in [9.17, 15) is 0 Å². The highest BCUT2D eigenvalue weighted by atomic mass is 15.1. The molecule has 2 spiro atoms. The maximum Gasteiger partial charge on any atom is 0.0509 e. The van der Waals surface area contributed by atoms with Gasteiger partial charge in [-0.15, -0.1) is 0 Å². The molecule has 3 saturated carbocycles. The fourth-order valence-electron chi connectivity index (χ4n) is 14.3. The summed E-state index contributed by atoms with van der Waals surface area (Å²) in [6, 6.07) is 50.6. The first-order chi connectivity index (χ1) is 27.9. The number of rotatable bonds is 4. The average molecular weight is 742 g/mol. The molecule has 3 fully saturated rings. The largest absolute Gasteiger partial charge is 0.310 e. The molecule has 6 aliphatic rings. The van der Waals surface area contributed by atoms with Crippen molar-refractivity contribution < 1.29 is 0 Å². The molecule has 1 heteroatoms. The Kier molecular flexibility index (Phi) is 7.39. The quantitative estimate of drug-likeness (QED) is 0.174. The minimum absolute atomic E-state index is 0.0101. The Morgan fingerprint density at radius 1 is 0.526 bits per heavy atom. The summed E-state index contributed by atoms with van der Waals surface area (Å²) in [6.45, 7) is 7.37. The Morgan fingerprint density at radius 2 is 1.12 bits per heavy atom. The van der Waals surface area contributed by atoms with Crippen LogP contribution in [0.5, 0.6) is 0 Å². The Morgan fingerprint density at radius 3 is 1.86 bits per heavy atom. The van der Waals surface area contributed by atoms with Gasteiger partial charge in [-0.05, 0) is 147 Å². The molecule has 0 radical (unpaired) electrons. The van der Waals surface area contributed by atoms with Crippen molar-refractivity contribution in [2.75, 3.05) is 4.90 Å². The van der Waals surface area contributed by atoms with Gasteiger partial charge in [-0.25, -0.2) is 0 Å². The predicted molar refractivity (Wildman–Crippen MR) is 238 cm³/mol. The zero-order valence-corrected chi connectivity index (χ0v) is 34.1. The molecule has 0 aromatic heterocycles. The van der Waals surface area contributed by atoms with Gasteiger partial charge in [-0.1, -0.05) is 156 Å². The summed E-state index contributed by atoms with van der Waals surface area (Å²) in [5.74, 6) is 2.15. The molecule has 0 aliphatic heterocycles. The Bertz CT molecular complexity index is 2600. The van der Waals surface area contributed by atoms with Gasteiger partial charge in [0.1, 0.15) is 0 Å². The zero-order valence-electron chi connectivity index (χ0n) is 34.1. The smallest absolute Gasteiger partial charge is 0.0509 e. The molecular formula is C56H55N. The topological polar surface area (TPSA) is 3.24 Å². The van der Waals surface area contributed by atoms with Gasteiger partial charge in [-0.3, -0.25) is 0 Å². The van der Waals surface area contributed by atoms with Crippen molar-refractivity contribution in [3.8, 4) is 33.4 Å². The summed E-state index contributed by atoms with van der Waals surface area (Å²) in [4.78, 5) is 2.74. The molecule has 284 valence electrons. The lowest BCUT2D eigenvalue weighted by Gasteiger charge is -2.54. The lowest BCUT2D eigenvalue weighted by molar-refractivity contribution is 0.0560. The van der Waals surface area contributed by atoms with Crippen LogP contribution in [0, 0.1) is 17.8 Å². The molecule has 0 saturated heterocycles. The number of fused-ring (bicyclic) bond motifs is 16. The van der Waals surface area contributed by atoms with E-state index in [1.807, 2.05) is 0 Å². The second-order valence-corrected chi connectivity index (χ2v) is 19.3. The van der Waals surface area contributed by atoms with Crippen LogP contribution in [0.15, 0.2) is 127 Å². The number of anilines is 3. The second-order valence-electron chi connectivity index (χ2n) is 19.3. The van der Waals surface area contributed by atoms with E-state index in [1.54, 1.807) is 22.3 Å². The molecule has 1 nitrogen and oxygen atoms in total. The van der Waals surface area contributed by atoms with Crippen molar-refractivity contribution in [1.82, 2.24) is 0 Å². The van der Waals surface area contributed by atoms with Crippen LogP contribution in [0.3, 0.4) is 0 Å². The van der Waals surface area contributed by atoms with E-state index in [-0.39, 0.29) is 16.2 Å². The van der Waals surface area contributed by atoms with Crippen molar-refractivity contribution in [2.45, 2.75) is 108 Å². The monoisotopic (exact) mass is 741 g/mol. The molecule has 6 aliphatic carbocycles. The van der Waals surface area contributed by atoms with Crippen molar-refractivity contribution in [3.05, 3.63) is 161 Å². The van der Waals surface area contributed by atoms with Gasteiger partial charge in [0.15, 0.2) is 0 Å². The SMILES string of the molecule is CCC1CC2CCCC(C2)C12c1ccccc1-c1cccc(N(c3ccc4c(c3)C(C)(C)c3ccccc3-4)c3ccc4c(c3)C3(CCCCC3)c3ccccc3-4)c12. The molecule has 6 aromatic carbocycles. The van der Waals surface area contributed by atoms with Gasteiger partial charge < -0.3 is 4.90 Å². The third-order valence-corrected chi connectivity index (χ3v) is 16.6. The number of nitrogens with zero attached hydrogens (tertiary/aromatic N) is 1. The van der Waals surface area contributed by atoms with E-state index >= 15 is 0 Å². The molecule has 6 aromatic rings. The van der Waals surface area contributed by atoms with E-state index < -0.39 is 0 Å². The molecule has 2 bridgehead atoms. The van der Waals surface area contributed by atoms with Crippen molar-refractivity contribution in [1.29, 1.82) is 0 Å². The van der Waals surface area contributed by atoms with E-state index in [4.69, 9.17) is 0 Å². The Hall–Kier alpha value is -4.88. The zero-order chi connectivity index (χ0) is 38.1. The Balaban J connectivity index is 1.14. The van der Waals surface area contributed by atoms with Crippen molar-refractivity contribution in [3.63, 3.8) is 0 Å². The minimum Gasteiger partial charge on any atom is -0.310 e. The second kappa shape index (κ2) is 12.3. The third-order valence-electron chi connectivity index (χ3n) is 16.6. The van der Waals surface area contributed by atoms with Crippen molar-refractivity contribution in [2.24, 2.45) is 17.8 Å². The van der Waals surface area contributed by atoms with Crippen LogP contribution in [-0.4, -0.2) is 0 Å². The van der Waals surface area contributed by atoms with Crippen LogP contribution in [-0.2, 0) is 16.2 Å². The molecular weight excluding hydrogens is 687 g/mol. The number of hydrogen-bond donors (Lipinski definition) is 0. The molecule has 4 unspecified atom stereocenters. The van der Waals surface area contributed by atoms with Crippen LogP contribution in [0.4, 0.5) is 17.1 Å². The van der Waals surface area contributed by atoms with Crippen LogP contribution < -0.4 is 4.90 Å². The normalized spacial score (nSPS) is 25.0. The van der Waals surface area contributed by atoms with E-state index in [2.05, 4.69) is 153 Å². The first-order valence-electron chi connectivity index (χ1n) is 22.5. The highest BCUT2D eigenvalue weighted by molar-refractivity contribution is 5.94. The summed E-state index contributed by atoms with van der Waals surface area (Å²) in [5.41, 5.74) is 21.9. The van der Waals surface area contributed by atoms with Gasteiger partial charge in [0.2, 0.25) is 0 Å². The Labute approximate surface area is 340 Å². The first-order valence-corrected chi connectivity index (χ1v) is 22.5. The molecule has 0 amide bonds. The van der Waals surface area contributed by atoms with Gasteiger partial charge in [-0.2, -0.15) is 0 Å². The summed E-state index contributed by atoms with van der Waals surface area (Å²) >= 11 is 0.